The SMILES string of the molecule is CC(C)(CCCC(=O)CCCC(C)(C)P(N)(=O)O)P(N)(=O)O. The van der Waals surface area contributed by atoms with Gasteiger partial charge >= 0.3 is 0 Å². The van der Waals surface area contributed by atoms with E-state index >= 15 is 0 Å². The van der Waals surface area contributed by atoms with Crippen LogP contribution in [0.5, 0.6) is 0 Å². The summed E-state index contributed by atoms with van der Waals surface area (Å²) >= 11 is 0. The van der Waals surface area contributed by atoms with Crippen molar-refractivity contribution in [3.8, 4) is 0 Å². The Morgan fingerprint density at radius 3 is 1.36 bits per heavy atom. The zero-order chi connectivity index (χ0) is 17.8. The highest BCUT2D eigenvalue weighted by molar-refractivity contribution is 7.57. The maximum absolute atomic E-state index is 11.8. The molecule has 2 atom stereocenters. The first-order valence-electron chi connectivity index (χ1n) is 7.35. The Labute approximate surface area is 132 Å². The van der Waals surface area contributed by atoms with Crippen LogP contribution in [0.3, 0.4) is 0 Å². The smallest absolute Gasteiger partial charge is 0.270 e. The van der Waals surface area contributed by atoms with Crippen LogP contribution >= 0.6 is 15.0 Å². The molecule has 0 aromatic heterocycles. The van der Waals surface area contributed by atoms with E-state index in [9.17, 15) is 23.7 Å². The molecule has 0 spiro atoms. The minimum absolute atomic E-state index is 0.0289. The Bertz CT molecular complexity index is 437. The van der Waals surface area contributed by atoms with Gasteiger partial charge in [0, 0.05) is 12.8 Å². The lowest BCUT2D eigenvalue weighted by molar-refractivity contribution is -0.119. The Morgan fingerprint density at radius 2 is 1.14 bits per heavy atom. The summed E-state index contributed by atoms with van der Waals surface area (Å²) in [5, 5.41) is -1.81. The molecule has 0 bridgehead atoms. The second kappa shape index (κ2) is 7.69. The second-order valence-electron chi connectivity index (χ2n) is 7.12. The van der Waals surface area contributed by atoms with Crippen LogP contribution in [0, 0.1) is 0 Å². The highest BCUT2D eigenvalue weighted by atomic mass is 31.2. The van der Waals surface area contributed by atoms with Crippen molar-refractivity contribution in [2.45, 2.75) is 76.5 Å². The van der Waals surface area contributed by atoms with Crippen molar-refractivity contribution in [3.05, 3.63) is 0 Å². The van der Waals surface area contributed by atoms with Gasteiger partial charge in [0.1, 0.15) is 5.78 Å². The van der Waals surface area contributed by atoms with Gasteiger partial charge in [-0.1, -0.05) is 0 Å². The zero-order valence-corrected chi connectivity index (χ0v) is 15.7. The number of carbonyl (C=O) groups excluding carboxylic acids is 1. The van der Waals surface area contributed by atoms with Crippen molar-refractivity contribution in [1.29, 1.82) is 0 Å². The molecule has 9 heteroatoms. The van der Waals surface area contributed by atoms with Crippen LogP contribution in [-0.2, 0) is 13.9 Å². The van der Waals surface area contributed by atoms with Crippen LogP contribution in [0.4, 0.5) is 0 Å². The van der Waals surface area contributed by atoms with Gasteiger partial charge in [0.15, 0.2) is 0 Å². The molecule has 0 aliphatic rings. The molecule has 6 N–H and O–H groups in total. The molecule has 2 unspecified atom stereocenters. The molecule has 7 nitrogen and oxygen atoms in total. The summed E-state index contributed by atoms with van der Waals surface area (Å²) in [6.07, 6.45) is 2.39. The summed E-state index contributed by atoms with van der Waals surface area (Å²) in [6, 6.07) is 0. The first-order chi connectivity index (χ1) is 9.60. The fourth-order valence-corrected chi connectivity index (χ4v) is 2.84. The molecule has 0 aliphatic carbocycles. The van der Waals surface area contributed by atoms with Crippen molar-refractivity contribution in [2.75, 3.05) is 0 Å². The average molecular weight is 356 g/mol. The van der Waals surface area contributed by atoms with Gasteiger partial charge < -0.3 is 9.79 Å². The number of rotatable bonds is 10. The van der Waals surface area contributed by atoms with E-state index in [-0.39, 0.29) is 5.78 Å². The van der Waals surface area contributed by atoms with Crippen LogP contribution < -0.4 is 11.0 Å². The largest absolute Gasteiger partial charge is 0.333 e. The van der Waals surface area contributed by atoms with Crippen LogP contribution in [0.2, 0.25) is 0 Å². The topological polar surface area (TPSA) is 144 Å². The normalized spacial score (nSPS) is 18.5. The fraction of sp³-hybridized carbons (Fsp3) is 0.923. The van der Waals surface area contributed by atoms with Crippen molar-refractivity contribution >= 4 is 20.8 Å². The van der Waals surface area contributed by atoms with Crippen LogP contribution in [-0.4, -0.2) is 25.9 Å². The van der Waals surface area contributed by atoms with Crippen molar-refractivity contribution < 1.29 is 23.7 Å². The molecule has 0 aliphatic heterocycles. The monoisotopic (exact) mass is 356 g/mol. The number of hydrogen-bond acceptors (Lipinski definition) is 3. The minimum Gasteiger partial charge on any atom is -0.333 e. The Hall–Kier alpha value is -0.0300. The van der Waals surface area contributed by atoms with E-state index in [1.807, 2.05) is 0 Å². The molecular weight excluding hydrogens is 326 g/mol. The van der Waals surface area contributed by atoms with E-state index in [0.717, 1.165) is 0 Å². The summed E-state index contributed by atoms with van der Waals surface area (Å²) in [4.78, 5) is 30.6. The highest BCUT2D eigenvalue weighted by Gasteiger charge is 2.36. The number of ketones is 1. The first kappa shape index (κ1) is 22.0. The molecule has 0 aromatic rings. The lowest BCUT2D eigenvalue weighted by atomic mass is 9.99. The third-order valence-corrected chi connectivity index (χ3v) is 8.14. The van der Waals surface area contributed by atoms with Gasteiger partial charge in [0.2, 0.25) is 0 Å². The lowest BCUT2D eigenvalue weighted by Gasteiger charge is -2.27. The van der Waals surface area contributed by atoms with Gasteiger partial charge in [-0.25, -0.2) is 0 Å². The zero-order valence-electron chi connectivity index (χ0n) is 13.9. The van der Waals surface area contributed by atoms with Gasteiger partial charge in [-0.3, -0.25) is 24.9 Å². The Balaban J connectivity index is 4.14. The van der Waals surface area contributed by atoms with Gasteiger partial charge in [-0.2, -0.15) is 0 Å². The van der Waals surface area contributed by atoms with Gasteiger partial charge in [-0.05, 0) is 53.4 Å². The quantitative estimate of drug-likeness (QED) is 0.440. The molecule has 0 saturated heterocycles. The number of Topliss-reactive ketones (excluding diaryl/α,β-unsaturated/α-hetero) is 1. The predicted molar refractivity (Wildman–Crippen MR) is 88.9 cm³/mol. The van der Waals surface area contributed by atoms with E-state index in [4.69, 9.17) is 11.0 Å². The summed E-state index contributed by atoms with van der Waals surface area (Å²) in [6.45, 7) is 6.45. The molecule has 132 valence electrons. The van der Waals surface area contributed by atoms with Crippen LogP contribution in [0.1, 0.15) is 66.2 Å². The third-order valence-electron chi connectivity index (χ3n) is 4.22. The molecule has 0 aromatic carbocycles. The molecule has 0 fully saturated rings. The predicted octanol–water partition coefficient (Wildman–Crippen LogP) is 2.74. The maximum atomic E-state index is 11.8. The van der Waals surface area contributed by atoms with Crippen LogP contribution in [0.25, 0.3) is 0 Å². The number of hydrogen-bond donors (Lipinski definition) is 4. The van der Waals surface area contributed by atoms with E-state index in [2.05, 4.69) is 0 Å². The van der Waals surface area contributed by atoms with Gasteiger partial charge in [0.05, 0.1) is 10.3 Å². The standard InChI is InChI=1S/C13H30N2O5P2/c1-12(2,21(14,17)18)9-5-7-11(16)8-6-10-13(3,4)22(15,19)20/h5-10H2,1-4H3,(H3,14,17,18)(H3,15,19,20). The van der Waals surface area contributed by atoms with Crippen molar-refractivity contribution in [2.24, 2.45) is 11.0 Å². The molecule has 0 saturated carbocycles. The Morgan fingerprint density at radius 1 is 0.864 bits per heavy atom. The van der Waals surface area contributed by atoms with E-state index < -0.39 is 25.4 Å². The highest BCUT2D eigenvalue weighted by Crippen LogP contribution is 2.50. The fourth-order valence-electron chi connectivity index (χ4n) is 1.88. The summed E-state index contributed by atoms with van der Waals surface area (Å²) < 4.78 is 22.9. The Kier molecular flexibility index (Phi) is 7.68. The average Bonchev–Trinajstić information content (AvgIpc) is 2.25. The third kappa shape index (κ3) is 7.03. The summed E-state index contributed by atoms with van der Waals surface area (Å²) in [5.41, 5.74) is 10.5. The number of nitrogens with two attached hydrogens (primary N) is 2. The van der Waals surface area contributed by atoms with E-state index in [1.54, 1.807) is 27.7 Å². The second-order valence-corrected chi connectivity index (χ2v) is 12.0. The lowest BCUT2D eigenvalue weighted by Crippen LogP contribution is -2.25. The first-order valence-corrected chi connectivity index (χ1v) is 10.8. The molecule has 0 radical (unpaired) electrons. The van der Waals surface area contributed by atoms with Crippen molar-refractivity contribution in [3.63, 3.8) is 0 Å². The summed E-state index contributed by atoms with van der Waals surface area (Å²) in [5.74, 6) is 0.0289. The van der Waals surface area contributed by atoms with Gasteiger partial charge in [-0.15, -0.1) is 0 Å². The maximum Gasteiger partial charge on any atom is 0.270 e. The molecule has 0 rings (SSSR count). The molecule has 0 heterocycles. The molecule has 0 amide bonds. The number of carbonyl (C=O) groups is 1. The van der Waals surface area contributed by atoms with Gasteiger partial charge in [0.25, 0.3) is 15.0 Å². The summed E-state index contributed by atoms with van der Waals surface area (Å²) in [7, 11) is -7.35. The molecule has 22 heavy (non-hydrogen) atoms. The minimum atomic E-state index is -3.67. The molecular formula is C13H30N2O5P2. The van der Waals surface area contributed by atoms with Crippen LogP contribution in [0.15, 0.2) is 0 Å². The van der Waals surface area contributed by atoms with E-state index in [1.165, 1.54) is 0 Å². The van der Waals surface area contributed by atoms with Crippen molar-refractivity contribution in [1.82, 2.24) is 0 Å². The van der Waals surface area contributed by atoms with E-state index in [0.29, 0.717) is 38.5 Å².